The average molecular weight is 344 g/mol. The van der Waals surface area contributed by atoms with Crippen molar-refractivity contribution in [3.05, 3.63) is 33.1 Å². The molecular formula is C12H10FIN2O. The molecule has 17 heavy (non-hydrogen) atoms. The summed E-state index contributed by atoms with van der Waals surface area (Å²) in [6.45, 7) is 0.602. The lowest BCUT2D eigenvalue weighted by Gasteiger charge is -2.20. The summed E-state index contributed by atoms with van der Waals surface area (Å²) >= 11 is 1.94. The van der Waals surface area contributed by atoms with Crippen LogP contribution in [0.2, 0.25) is 0 Å². The van der Waals surface area contributed by atoms with E-state index in [1.54, 1.807) is 4.90 Å². The molecule has 3 nitrogen and oxygen atoms in total. The van der Waals surface area contributed by atoms with Crippen molar-refractivity contribution in [3.63, 3.8) is 0 Å². The van der Waals surface area contributed by atoms with E-state index in [0.717, 1.165) is 12.8 Å². The number of carbonyl (C=O) groups is 1. The van der Waals surface area contributed by atoms with Gasteiger partial charge in [0.05, 0.1) is 11.6 Å². The predicted molar refractivity (Wildman–Crippen MR) is 68.8 cm³/mol. The Bertz CT molecular complexity index is 498. The van der Waals surface area contributed by atoms with Crippen LogP contribution < -0.4 is 0 Å². The monoisotopic (exact) mass is 344 g/mol. The zero-order valence-electron chi connectivity index (χ0n) is 8.99. The van der Waals surface area contributed by atoms with Gasteiger partial charge in [-0.25, -0.2) is 4.39 Å². The van der Waals surface area contributed by atoms with Gasteiger partial charge in [0.1, 0.15) is 11.9 Å². The van der Waals surface area contributed by atoms with Gasteiger partial charge in [-0.15, -0.1) is 0 Å². The summed E-state index contributed by atoms with van der Waals surface area (Å²) in [5, 5.41) is 8.94. The fraction of sp³-hybridized carbons (Fsp3) is 0.333. The van der Waals surface area contributed by atoms with Crippen LogP contribution in [0, 0.1) is 20.7 Å². The Morgan fingerprint density at radius 2 is 2.35 bits per heavy atom. The summed E-state index contributed by atoms with van der Waals surface area (Å²) in [4.78, 5) is 13.8. The van der Waals surface area contributed by atoms with Crippen molar-refractivity contribution in [3.8, 4) is 6.07 Å². The van der Waals surface area contributed by atoms with Crippen molar-refractivity contribution in [2.45, 2.75) is 18.9 Å². The van der Waals surface area contributed by atoms with Crippen molar-refractivity contribution in [1.82, 2.24) is 4.90 Å². The Morgan fingerprint density at radius 3 is 3.00 bits per heavy atom. The molecule has 1 saturated heterocycles. The molecule has 1 heterocycles. The molecule has 1 atom stereocenters. The highest BCUT2D eigenvalue weighted by Gasteiger charge is 2.30. The molecule has 5 heteroatoms. The van der Waals surface area contributed by atoms with Gasteiger partial charge in [-0.2, -0.15) is 5.26 Å². The maximum atomic E-state index is 12.9. The highest BCUT2D eigenvalue weighted by molar-refractivity contribution is 14.1. The molecule has 1 fully saturated rings. The minimum absolute atomic E-state index is 0.182. The van der Waals surface area contributed by atoms with E-state index in [1.165, 1.54) is 18.2 Å². The number of likely N-dealkylation sites (tertiary alicyclic amines) is 1. The van der Waals surface area contributed by atoms with E-state index in [4.69, 9.17) is 5.26 Å². The molecule has 0 aliphatic carbocycles. The third-order valence-corrected chi connectivity index (χ3v) is 3.72. The SMILES string of the molecule is N#CC1CCCN1C(=O)c1ccc(F)cc1I. The van der Waals surface area contributed by atoms with Crippen LogP contribution in [0.15, 0.2) is 18.2 Å². The number of benzene rings is 1. The minimum atomic E-state index is -0.357. The van der Waals surface area contributed by atoms with Crippen molar-refractivity contribution >= 4 is 28.5 Å². The molecule has 1 unspecified atom stereocenters. The number of nitrogens with zero attached hydrogens (tertiary/aromatic N) is 2. The average Bonchev–Trinajstić information content (AvgIpc) is 2.76. The number of carbonyl (C=O) groups excluding carboxylic acids is 1. The van der Waals surface area contributed by atoms with Crippen LogP contribution in [0.1, 0.15) is 23.2 Å². The summed E-state index contributed by atoms with van der Waals surface area (Å²) in [6, 6.07) is 5.85. The zero-order valence-corrected chi connectivity index (χ0v) is 11.1. The molecule has 0 radical (unpaired) electrons. The van der Waals surface area contributed by atoms with E-state index in [-0.39, 0.29) is 17.8 Å². The van der Waals surface area contributed by atoms with Crippen molar-refractivity contribution in [2.24, 2.45) is 0 Å². The number of halogens is 2. The second-order valence-electron chi connectivity index (χ2n) is 3.91. The van der Waals surface area contributed by atoms with E-state index >= 15 is 0 Å². The van der Waals surface area contributed by atoms with Crippen LogP contribution >= 0.6 is 22.6 Å². The van der Waals surface area contributed by atoms with Gasteiger partial charge in [-0.05, 0) is 53.6 Å². The Morgan fingerprint density at radius 1 is 1.59 bits per heavy atom. The Kier molecular flexibility index (Phi) is 3.62. The highest BCUT2D eigenvalue weighted by atomic mass is 127. The van der Waals surface area contributed by atoms with E-state index < -0.39 is 0 Å². The van der Waals surface area contributed by atoms with Crippen molar-refractivity contribution < 1.29 is 9.18 Å². The molecule has 0 aromatic heterocycles. The predicted octanol–water partition coefficient (Wildman–Crippen LogP) is 2.56. The number of hydrogen-bond donors (Lipinski definition) is 0. The van der Waals surface area contributed by atoms with Crippen LogP contribution in [-0.4, -0.2) is 23.4 Å². The smallest absolute Gasteiger partial charge is 0.256 e. The molecule has 1 aromatic carbocycles. The van der Waals surface area contributed by atoms with Crippen LogP contribution in [0.25, 0.3) is 0 Å². The quantitative estimate of drug-likeness (QED) is 0.735. The van der Waals surface area contributed by atoms with E-state index in [2.05, 4.69) is 6.07 Å². The van der Waals surface area contributed by atoms with Gasteiger partial charge < -0.3 is 4.90 Å². The van der Waals surface area contributed by atoms with E-state index in [0.29, 0.717) is 15.7 Å². The molecule has 1 aliphatic rings. The minimum Gasteiger partial charge on any atom is -0.323 e. The Labute approximate surface area is 112 Å². The van der Waals surface area contributed by atoms with Gasteiger partial charge in [-0.1, -0.05) is 0 Å². The Hall–Kier alpha value is -1.16. The molecule has 1 amide bonds. The number of nitriles is 1. The fourth-order valence-corrected chi connectivity index (χ4v) is 2.67. The van der Waals surface area contributed by atoms with E-state index in [9.17, 15) is 9.18 Å². The lowest BCUT2D eigenvalue weighted by Crippen LogP contribution is -2.35. The maximum absolute atomic E-state index is 12.9. The van der Waals surface area contributed by atoms with Crippen LogP contribution in [0.4, 0.5) is 4.39 Å². The number of hydrogen-bond acceptors (Lipinski definition) is 2. The molecule has 0 saturated carbocycles. The summed E-state index contributed by atoms with van der Waals surface area (Å²) in [5.74, 6) is -0.539. The summed E-state index contributed by atoms with van der Waals surface area (Å²) in [7, 11) is 0. The lowest BCUT2D eigenvalue weighted by molar-refractivity contribution is 0.0764. The van der Waals surface area contributed by atoms with Gasteiger partial charge >= 0.3 is 0 Å². The molecular weight excluding hydrogens is 334 g/mol. The largest absolute Gasteiger partial charge is 0.323 e. The van der Waals surface area contributed by atoms with Crippen LogP contribution in [-0.2, 0) is 0 Å². The van der Waals surface area contributed by atoms with Crippen LogP contribution in [0.5, 0.6) is 0 Å². The highest BCUT2D eigenvalue weighted by Crippen LogP contribution is 2.22. The van der Waals surface area contributed by atoms with Crippen LogP contribution in [0.3, 0.4) is 0 Å². The molecule has 0 N–H and O–H groups in total. The standard InChI is InChI=1S/C12H10FIN2O/c13-8-3-4-10(11(14)6-8)12(17)16-5-1-2-9(16)7-15/h3-4,6,9H,1-2,5H2. The Balaban J connectivity index is 2.28. The fourth-order valence-electron chi connectivity index (χ4n) is 1.96. The van der Waals surface area contributed by atoms with Gasteiger partial charge in [0.25, 0.3) is 5.91 Å². The first-order chi connectivity index (χ1) is 8.13. The first-order valence-corrected chi connectivity index (χ1v) is 6.37. The molecule has 1 aromatic rings. The van der Waals surface area contributed by atoms with E-state index in [1.807, 2.05) is 22.6 Å². The third kappa shape index (κ3) is 2.41. The molecule has 88 valence electrons. The first-order valence-electron chi connectivity index (χ1n) is 5.29. The number of rotatable bonds is 1. The summed E-state index contributed by atoms with van der Waals surface area (Å²) < 4.78 is 13.5. The van der Waals surface area contributed by atoms with Gasteiger partial charge in [0.15, 0.2) is 0 Å². The molecule has 1 aliphatic heterocycles. The third-order valence-electron chi connectivity index (χ3n) is 2.82. The van der Waals surface area contributed by atoms with Gasteiger partial charge in [-0.3, -0.25) is 4.79 Å². The summed E-state index contributed by atoms with van der Waals surface area (Å²) in [6.07, 6.45) is 1.57. The van der Waals surface area contributed by atoms with Gasteiger partial charge in [0, 0.05) is 10.1 Å². The maximum Gasteiger partial charge on any atom is 0.256 e. The van der Waals surface area contributed by atoms with Crippen molar-refractivity contribution in [2.75, 3.05) is 6.54 Å². The normalized spacial score (nSPS) is 19.1. The summed E-state index contributed by atoms with van der Waals surface area (Å²) in [5.41, 5.74) is 0.467. The van der Waals surface area contributed by atoms with Crippen molar-refractivity contribution in [1.29, 1.82) is 5.26 Å². The second-order valence-corrected chi connectivity index (χ2v) is 5.07. The second kappa shape index (κ2) is 5.00. The van der Waals surface area contributed by atoms with Gasteiger partial charge in [0.2, 0.25) is 0 Å². The first kappa shape index (κ1) is 12.3. The molecule has 0 spiro atoms. The lowest BCUT2D eigenvalue weighted by atomic mass is 10.2. The topological polar surface area (TPSA) is 44.1 Å². The molecule has 2 rings (SSSR count). The number of amides is 1. The molecule has 0 bridgehead atoms. The zero-order chi connectivity index (χ0) is 12.4.